The second-order valence-electron chi connectivity index (χ2n) is 6.47. The van der Waals surface area contributed by atoms with Gasteiger partial charge in [-0.2, -0.15) is 13.2 Å². The lowest BCUT2D eigenvalue weighted by Crippen LogP contribution is -2.59. The zero-order valence-electron chi connectivity index (χ0n) is 15.0. The summed E-state index contributed by atoms with van der Waals surface area (Å²) in [5, 5.41) is 2.64. The van der Waals surface area contributed by atoms with Gasteiger partial charge in [0.05, 0.1) is 5.56 Å². The minimum absolute atomic E-state index is 0.0240. The average molecular weight is 371 g/mol. The number of urea groups is 1. The molecule has 5 nitrogen and oxygen atoms in total. The van der Waals surface area contributed by atoms with Gasteiger partial charge in [-0.25, -0.2) is 4.79 Å². The number of carbonyl (C=O) groups is 2. The van der Waals surface area contributed by atoms with E-state index in [1.165, 1.54) is 17.0 Å². The summed E-state index contributed by atoms with van der Waals surface area (Å²) in [5.41, 5.74) is -0.390. The Bertz CT molecular complexity index is 649. The molecule has 1 heterocycles. The van der Waals surface area contributed by atoms with Crippen molar-refractivity contribution in [2.45, 2.75) is 44.9 Å². The number of carbonyl (C=O) groups excluding carboxylic acids is 2. The van der Waals surface area contributed by atoms with E-state index in [1.54, 1.807) is 11.9 Å². The first kappa shape index (κ1) is 20.1. The van der Waals surface area contributed by atoms with E-state index in [0.717, 1.165) is 25.0 Å². The normalized spacial score (nSPS) is 18.2. The number of nitrogens with zero attached hydrogens (tertiary/aromatic N) is 2. The standard InChI is InChI=1S/C18H24F3N3O2/c1-3-4-8-15-16(25)23(2)9-10-24(15)17(26)22-12-13-6-5-7-14(11-13)18(19,20)21/h5-7,11,15H,3-4,8-10,12H2,1-2H3,(H,22,26). The summed E-state index contributed by atoms with van der Waals surface area (Å²) in [5.74, 6) is -0.0982. The van der Waals surface area contributed by atoms with Gasteiger partial charge in [0.2, 0.25) is 5.91 Å². The number of nitrogens with one attached hydrogen (secondary N) is 1. The summed E-state index contributed by atoms with van der Waals surface area (Å²) < 4.78 is 38.3. The van der Waals surface area contributed by atoms with E-state index in [4.69, 9.17) is 0 Å². The third-order valence-electron chi connectivity index (χ3n) is 4.50. The first-order valence-electron chi connectivity index (χ1n) is 8.69. The molecular weight excluding hydrogens is 347 g/mol. The molecule has 1 fully saturated rings. The Balaban J connectivity index is 2.03. The van der Waals surface area contributed by atoms with Crippen LogP contribution in [0.2, 0.25) is 0 Å². The Morgan fingerprint density at radius 3 is 2.69 bits per heavy atom. The molecule has 0 saturated carbocycles. The Morgan fingerprint density at radius 2 is 2.04 bits per heavy atom. The summed E-state index contributed by atoms with van der Waals surface area (Å²) in [4.78, 5) is 28.0. The van der Waals surface area contributed by atoms with E-state index in [-0.39, 0.29) is 12.5 Å². The number of amides is 3. The van der Waals surface area contributed by atoms with Crippen molar-refractivity contribution in [2.75, 3.05) is 20.1 Å². The molecule has 144 valence electrons. The molecule has 1 unspecified atom stereocenters. The lowest BCUT2D eigenvalue weighted by Gasteiger charge is -2.39. The Labute approximate surface area is 151 Å². The van der Waals surface area contributed by atoms with Crippen molar-refractivity contribution in [2.24, 2.45) is 0 Å². The highest BCUT2D eigenvalue weighted by molar-refractivity contribution is 5.88. The maximum Gasteiger partial charge on any atom is 0.416 e. The monoisotopic (exact) mass is 371 g/mol. The number of benzene rings is 1. The highest BCUT2D eigenvalue weighted by Crippen LogP contribution is 2.29. The van der Waals surface area contributed by atoms with Gasteiger partial charge in [-0.1, -0.05) is 31.9 Å². The van der Waals surface area contributed by atoms with Crippen molar-refractivity contribution in [1.29, 1.82) is 0 Å². The van der Waals surface area contributed by atoms with Gasteiger partial charge in [-0.15, -0.1) is 0 Å². The molecule has 26 heavy (non-hydrogen) atoms. The molecule has 1 saturated heterocycles. The van der Waals surface area contributed by atoms with Gasteiger partial charge in [-0.3, -0.25) is 4.79 Å². The minimum atomic E-state index is -4.42. The van der Waals surface area contributed by atoms with Gasteiger partial charge in [-0.05, 0) is 24.1 Å². The van der Waals surface area contributed by atoms with E-state index in [1.807, 2.05) is 6.92 Å². The largest absolute Gasteiger partial charge is 0.416 e. The number of rotatable bonds is 5. The smallest absolute Gasteiger partial charge is 0.342 e. The van der Waals surface area contributed by atoms with Gasteiger partial charge in [0.15, 0.2) is 0 Å². The van der Waals surface area contributed by atoms with Gasteiger partial charge in [0.25, 0.3) is 0 Å². The second kappa shape index (κ2) is 8.42. The molecule has 2 rings (SSSR count). The zero-order valence-corrected chi connectivity index (χ0v) is 15.0. The molecule has 3 amide bonds. The first-order valence-corrected chi connectivity index (χ1v) is 8.69. The summed E-state index contributed by atoms with van der Waals surface area (Å²) in [6, 6.07) is 3.91. The Morgan fingerprint density at radius 1 is 1.31 bits per heavy atom. The number of hydrogen-bond donors (Lipinski definition) is 1. The van der Waals surface area contributed by atoms with E-state index >= 15 is 0 Å². The first-order chi connectivity index (χ1) is 12.2. The number of piperazine rings is 1. The second-order valence-corrected chi connectivity index (χ2v) is 6.47. The van der Waals surface area contributed by atoms with Crippen molar-refractivity contribution in [3.63, 3.8) is 0 Å². The zero-order chi connectivity index (χ0) is 19.3. The van der Waals surface area contributed by atoms with Crippen LogP contribution in [0.15, 0.2) is 24.3 Å². The molecule has 1 atom stereocenters. The van der Waals surface area contributed by atoms with Crippen LogP contribution in [0.5, 0.6) is 0 Å². The quantitative estimate of drug-likeness (QED) is 0.864. The molecule has 1 aromatic rings. The maximum absolute atomic E-state index is 12.8. The van der Waals surface area contributed by atoms with Crippen LogP contribution in [0.4, 0.5) is 18.0 Å². The molecule has 8 heteroatoms. The van der Waals surface area contributed by atoms with Crippen molar-refractivity contribution in [3.05, 3.63) is 35.4 Å². The fourth-order valence-electron chi connectivity index (χ4n) is 2.97. The fourth-order valence-corrected chi connectivity index (χ4v) is 2.97. The van der Waals surface area contributed by atoms with Crippen molar-refractivity contribution in [1.82, 2.24) is 15.1 Å². The molecule has 0 aliphatic carbocycles. The molecular formula is C18H24F3N3O2. The van der Waals surface area contributed by atoms with Crippen LogP contribution >= 0.6 is 0 Å². The molecule has 0 aromatic heterocycles. The van der Waals surface area contributed by atoms with E-state index in [0.29, 0.717) is 25.1 Å². The van der Waals surface area contributed by atoms with Crippen molar-refractivity contribution >= 4 is 11.9 Å². The topological polar surface area (TPSA) is 52.7 Å². The predicted molar refractivity (Wildman–Crippen MR) is 91.3 cm³/mol. The van der Waals surface area contributed by atoms with Crippen LogP contribution in [0.3, 0.4) is 0 Å². The molecule has 0 spiro atoms. The molecule has 1 aliphatic rings. The molecule has 0 radical (unpaired) electrons. The lowest BCUT2D eigenvalue weighted by molar-refractivity contribution is -0.139. The number of likely N-dealkylation sites (N-methyl/N-ethyl adjacent to an activating group) is 1. The van der Waals surface area contributed by atoms with Gasteiger partial charge in [0.1, 0.15) is 6.04 Å². The summed E-state index contributed by atoms with van der Waals surface area (Å²) in [6.07, 6.45) is -2.11. The number of unbranched alkanes of at least 4 members (excludes halogenated alkanes) is 1. The molecule has 1 aliphatic heterocycles. The van der Waals surface area contributed by atoms with E-state index < -0.39 is 23.8 Å². The van der Waals surface area contributed by atoms with Crippen LogP contribution in [0.1, 0.15) is 37.3 Å². The average Bonchev–Trinajstić information content (AvgIpc) is 2.60. The van der Waals surface area contributed by atoms with Gasteiger partial charge < -0.3 is 15.1 Å². The highest BCUT2D eigenvalue weighted by atomic mass is 19.4. The number of alkyl halides is 3. The van der Waals surface area contributed by atoms with Crippen molar-refractivity contribution < 1.29 is 22.8 Å². The summed E-state index contributed by atoms with van der Waals surface area (Å²) in [6.45, 7) is 2.84. The molecule has 1 aromatic carbocycles. The Kier molecular flexibility index (Phi) is 6.50. The van der Waals surface area contributed by atoms with Gasteiger partial charge >= 0.3 is 12.2 Å². The third kappa shape index (κ3) is 4.89. The fraction of sp³-hybridized carbons (Fsp3) is 0.556. The highest BCUT2D eigenvalue weighted by Gasteiger charge is 2.35. The number of hydrogen-bond acceptors (Lipinski definition) is 2. The number of halogens is 3. The Hall–Kier alpha value is -2.25. The lowest BCUT2D eigenvalue weighted by atomic mass is 10.0. The summed E-state index contributed by atoms with van der Waals surface area (Å²) in [7, 11) is 1.71. The van der Waals surface area contributed by atoms with Crippen LogP contribution in [-0.2, 0) is 17.5 Å². The third-order valence-corrected chi connectivity index (χ3v) is 4.50. The maximum atomic E-state index is 12.8. The van der Waals surface area contributed by atoms with Crippen LogP contribution in [0.25, 0.3) is 0 Å². The molecule has 0 bridgehead atoms. The van der Waals surface area contributed by atoms with E-state index in [2.05, 4.69) is 5.32 Å². The summed E-state index contributed by atoms with van der Waals surface area (Å²) >= 11 is 0. The van der Waals surface area contributed by atoms with Crippen LogP contribution < -0.4 is 5.32 Å². The molecule has 1 N–H and O–H groups in total. The SMILES string of the molecule is CCCCC1C(=O)N(C)CCN1C(=O)NCc1cccc(C(F)(F)F)c1. The van der Waals surface area contributed by atoms with Crippen LogP contribution in [0, 0.1) is 0 Å². The van der Waals surface area contributed by atoms with Crippen LogP contribution in [-0.4, -0.2) is 47.9 Å². The van der Waals surface area contributed by atoms with E-state index in [9.17, 15) is 22.8 Å². The van der Waals surface area contributed by atoms with Gasteiger partial charge in [0, 0.05) is 26.7 Å². The predicted octanol–water partition coefficient (Wildman–Crippen LogP) is 3.25. The minimum Gasteiger partial charge on any atom is -0.342 e. The van der Waals surface area contributed by atoms with Crippen molar-refractivity contribution in [3.8, 4) is 0 Å².